The summed E-state index contributed by atoms with van der Waals surface area (Å²) in [5.41, 5.74) is 2.50. The third-order valence-corrected chi connectivity index (χ3v) is 6.97. The van der Waals surface area contributed by atoms with Gasteiger partial charge in [0.1, 0.15) is 22.5 Å². The van der Waals surface area contributed by atoms with Crippen molar-refractivity contribution < 1.29 is 14.5 Å². The number of nitro benzene ring substituents is 1. The number of nitriles is 1. The molecule has 8 nitrogen and oxygen atoms in total. The van der Waals surface area contributed by atoms with Gasteiger partial charge in [0.15, 0.2) is 0 Å². The Morgan fingerprint density at radius 3 is 2.50 bits per heavy atom. The van der Waals surface area contributed by atoms with Crippen LogP contribution in [0.1, 0.15) is 5.56 Å². The maximum absolute atomic E-state index is 12.8. The van der Waals surface area contributed by atoms with Crippen LogP contribution in [0, 0.1) is 21.4 Å². The van der Waals surface area contributed by atoms with E-state index in [0.29, 0.717) is 31.9 Å². The highest BCUT2D eigenvalue weighted by atomic mass is 35.5. The SMILES string of the molecule is COc1ccc(NC(=O)CSc2nc(-c3ccc(Cl)cc3)cc(-c3ccccc3Cl)c2C#N)c([N+](=O)[O-])c1. The highest BCUT2D eigenvalue weighted by Gasteiger charge is 2.20. The van der Waals surface area contributed by atoms with Crippen LogP contribution in [0.3, 0.4) is 0 Å². The van der Waals surface area contributed by atoms with Crippen LogP contribution < -0.4 is 10.1 Å². The Balaban J connectivity index is 1.69. The van der Waals surface area contributed by atoms with E-state index in [2.05, 4.69) is 16.4 Å². The minimum absolute atomic E-state index is 0.0292. The van der Waals surface area contributed by atoms with Gasteiger partial charge in [0.25, 0.3) is 5.69 Å². The van der Waals surface area contributed by atoms with E-state index >= 15 is 0 Å². The molecule has 190 valence electrons. The molecule has 11 heteroatoms. The predicted octanol–water partition coefficient (Wildman–Crippen LogP) is 7.24. The molecule has 0 unspecified atom stereocenters. The number of nitrogens with zero attached hydrogens (tertiary/aromatic N) is 3. The number of pyridine rings is 1. The van der Waals surface area contributed by atoms with Crippen LogP contribution in [-0.4, -0.2) is 28.7 Å². The summed E-state index contributed by atoms with van der Waals surface area (Å²) in [6.07, 6.45) is 0. The van der Waals surface area contributed by atoms with Crippen molar-refractivity contribution in [3.05, 3.63) is 98.5 Å². The number of nitro groups is 1. The van der Waals surface area contributed by atoms with Gasteiger partial charge in [0.2, 0.25) is 5.91 Å². The molecule has 0 aliphatic rings. The van der Waals surface area contributed by atoms with Gasteiger partial charge in [-0.1, -0.05) is 65.3 Å². The highest BCUT2D eigenvalue weighted by molar-refractivity contribution is 8.00. The van der Waals surface area contributed by atoms with E-state index < -0.39 is 10.8 Å². The smallest absolute Gasteiger partial charge is 0.296 e. The van der Waals surface area contributed by atoms with Crippen LogP contribution >= 0.6 is 35.0 Å². The summed E-state index contributed by atoms with van der Waals surface area (Å²) in [5.74, 6) is -0.375. The predicted molar refractivity (Wildman–Crippen MR) is 149 cm³/mol. The summed E-state index contributed by atoms with van der Waals surface area (Å²) in [4.78, 5) is 28.3. The van der Waals surface area contributed by atoms with Gasteiger partial charge in [-0.05, 0) is 36.4 Å². The average Bonchev–Trinajstić information content (AvgIpc) is 2.92. The lowest BCUT2D eigenvalue weighted by molar-refractivity contribution is -0.384. The quantitative estimate of drug-likeness (QED) is 0.136. The Morgan fingerprint density at radius 1 is 1.11 bits per heavy atom. The number of carbonyl (C=O) groups excluding carboxylic acids is 1. The maximum Gasteiger partial charge on any atom is 0.296 e. The molecular formula is C27H18Cl2N4O4S. The van der Waals surface area contributed by atoms with Crippen LogP contribution in [0.15, 0.2) is 77.8 Å². The third kappa shape index (κ3) is 6.06. The molecular weight excluding hydrogens is 547 g/mol. The Labute approximate surface area is 232 Å². The normalized spacial score (nSPS) is 10.5. The molecule has 0 aliphatic heterocycles. The van der Waals surface area contributed by atoms with Gasteiger partial charge in [-0.3, -0.25) is 14.9 Å². The number of anilines is 1. The Morgan fingerprint density at radius 2 is 1.84 bits per heavy atom. The second-order valence-electron chi connectivity index (χ2n) is 7.81. The van der Waals surface area contributed by atoms with Crippen molar-refractivity contribution in [1.29, 1.82) is 5.26 Å². The number of ether oxygens (including phenoxy) is 1. The van der Waals surface area contributed by atoms with E-state index in [1.165, 1.54) is 25.3 Å². The van der Waals surface area contributed by atoms with E-state index in [1.807, 2.05) is 6.07 Å². The zero-order valence-electron chi connectivity index (χ0n) is 19.8. The number of hydrogen-bond acceptors (Lipinski definition) is 7. The molecule has 1 aromatic heterocycles. The first-order chi connectivity index (χ1) is 18.3. The number of rotatable bonds is 8. The van der Waals surface area contributed by atoms with E-state index in [1.54, 1.807) is 48.5 Å². The van der Waals surface area contributed by atoms with E-state index in [9.17, 15) is 20.2 Å². The molecule has 1 heterocycles. The van der Waals surface area contributed by atoms with Gasteiger partial charge in [0, 0.05) is 26.7 Å². The first-order valence-corrected chi connectivity index (χ1v) is 12.8. The van der Waals surface area contributed by atoms with Crippen LogP contribution in [0.2, 0.25) is 10.0 Å². The van der Waals surface area contributed by atoms with Crippen molar-refractivity contribution in [1.82, 2.24) is 4.98 Å². The molecule has 0 spiro atoms. The van der Waals surface area contributed by atoms with Crippen LogP contribution in [0.25, 0.3) is 22.4 Å². The van der Waals surface area contributed by atoms with Gasteiger partial charge < -0.3 is 10.1 Å². The first kappa shape index (κ1) is 26.9. The minimum Gasteiger partial charge on any atom is -0.496 e. The summed E-state index contributed by atoms with van der Waals surface area (Å²) >= 11 is 13.5. The van der Waals surface area contributed by atoms with Crippen molar-refractivity contribution >= 4 is 52.2 Å². The number of halogens is 2. The Hall–Kier alpha value is -4.10. The maximum atomic E-state index is 12.8. The highest BCUT2D eigenvalue weighted by Crippen LogP contribution is 2.37. The first-order valence-electron chi connectivity index (χ1n) is 11.0. The van der Waals surface area contributed by atoms with Gasteiger partial charge in [0.05, 0.1) is 35.1 Å². The largest absolute Gasteiger partial charge is 0.496 e. The van der Waals surface area contributed by atoms with Crippen molar-refractivity contribution in [3.8, 4) is 34.2 Å². The molecule has 0 saturated carbocycles. The summed E-state index contributed by atoms with van der Waals surface area (Å²) in [6.45, 7) is 0. The zero-order valence-corrected chi connectivity index (χ0v) is 22.1. The summed E-state index contributed by atoms with van der Waals surface area (Å²) in [6, 6.07) is 22.3. The van der Waals surface area contributed by atoms with E-state index in [0.717, 1.165) is 17.3 Å². The van der Waals surface area contributed by atoms with Crippen molar-refractivity contribution in [3.63, 3.8) is 0 Å². The Kier molecular flexibility index (Phi) is 8.48. The average molecular weight is 565 g/mol. The fourth-order valence-electron chi connectivity index (χ4n) is 3.61. The molecule has 0 bridgehead atoms. The van der Waals surface area contributed by atoms with E-state index in [-0.39, 0.29) is 28.4 Å². The van der Waals surface area contributed by atoms with Crippen molar-refractivity contribution in [2.75, 3.05) is 18.2 Å². The van der Waals surface area contributed by atoms with E-state index in [4.69, 9.17) is 27.9 Å². The van der Waals surface area contributed by atoms with Gasteiger partial charge >= 0.3 is 0 Å². The number of methoxy groups -OCH3 is 1. The van der Waals surface area contributed by atoms with Gasteiger partial charge in [-0.2, -0.15) is 5.26 Å². The number of amides is 1. The van der Waals surface area contributed by atoms with Crippen LogP contribution in [-0.2, 0) is 4.79 Å². The molecule has 4 rings (SSSR count). The lowest BCUT2D eigenvalue weighted by Gasteiger charge is -2.14. The molecule has 1 N–H and O–H groups in total. The number of thioether (sulfide) groups is 1. The molecule has 0 aliphatic carbocycles. The molecule has 1 amide bonds. The molecule has 0 saturated heterocycles. The summed E-state index contributed by atoms with van der Waals surface area (Å²) < 4.78 is 5.03. The monoisotopic (exact) mass is 564 g/mol. The number of benzene rings is 3. The number of carbonyl (C=O) groups is 1. The Bertz CT molecular complexity index is 1570. The number of aromatic nitrogens is 1. The van der Waals surface area contributed by atoms with Gasteiger partial charge in [-0.15, -0.1) is 0 Å². The fraction of sp³-hybridized carbons (Fsp3) is 0.0741. The molecule has 4 aromatic rings. The molecule has 38 heavy (non-hydrogen) atoms. The second kappa shape index (κ2) is 12.0. The summed E-state index contributed by atoms with van der Waals surface area (Å²) in [5, 5.41) is 25.4. The minimum atomic E-state index is -0.605. The van der Waals surface area contributed by atoms with Crippen molar-refractivity contribution in [2.24, 2.45) is 0 Å². The fourth-order valence-corrected chi connectivity index (χ4v) is 4.78. The molecule has 0 fully saturated rings. The zero-order chi connectivity index (χ0) is 27.2. The van der Waals surface area contributed by atoms with Crippen LogP contribution in [0.5, 0.6) is 5.75 Å². The molecule has 0 radical (unpaired) electrons. The second-order valence-corrected chi connectivity index (χ2v) is 9.62. The summed E-state index contributed by atoms with van der Waals surface area (Å²) in [7, 11) is 1.39. The van der Waals surface area contributed by atoms with Crippen LogP contribution in [0.4, 0.5) is 11.4 Å². The number of hydrogen-bond donors (Lipinski definition) is 1. The molecule has 0 atom stereocenters. The third-order valence-electron chi connectivity index (χ3n) is 5.42. The number of nitrogens with one attached hydrogen (secondary N) is 1. The lowest BCUT2D eigenvalue weighted by atomic mass is 9.99. The standard InChI is InChI=1S/C27H18Cl2N4O4S/c1-37-18-10-11-23(25(12-18)33(35)36)31-26(34)15-38-27-21(14-30)20(19-4-2-3-5-22(19)29)13-24(32-27)16-6-8-17(28)9-7-16/h2-13H,15H2,1H3,(H,31,34). The lowest BCUT2D eigenvalue weighted by Crippen LogP contribution is -2.15. The van der Waals surface area contributed by atoms with Gasteiger partial charge in [-0.25, -0.2) is 4.98 Å². The molecule has 3 aromatic carbocycles. The van der Waals surface area contributed by atoms with Crippen molar-refractivity contribution in [2.45, 2.75) is 5.03 Å². The topological polar surface area (TPSA) is 118 Å².